The van der Waals surface area contributed by atoms with Gasteiger partial charge in [-0.2, -0.15) is 0 Å². The van der Waals surface area contributed by atoms with Crippen LogP contribution >= 0.6 is 8.25 Å². The second-order valence-electron chi connectivity index (χ2n) is 4.67. The highest BCUT2D eigenvalue weighted by atomic mass is 31.1. The summed E-state index contributed by atoms with van der Waals surface area (Å²) < 4.78 is 8.70. The fourth-order valence-corrected chi connectivity index (χ4v) is 2.19. The third-order valence-corrected chi connectivity index (χ3v) is 3.62. The molecule has 0 aliphatic heterocycles. The lowest BCUT2D eigenvalue weighted by molar-refractivity contribution is 0.206. The quantitative estimate of drug-likeness (QED) is 0.620. The summed E-state index contributed by atoms with van der Waals surface area (Å²) in [6.45, 7) is 9.34. The zero-order valence-corrected chi connectivity index (χ0v) is 12.8. The van der Waals surface area contributed by atoms with Crippen LogP contribution in [0.2, 0.25) is 0 Å². The molecule has 0 radical (unpaired) electrons. The molecule has 4 heteroatoms. The molecular formula is C13H30O3P+. The third-order valence-electron chi connectivity index (χ3n) is 3.62. The maximum Gasteiger partial charge on any atom is 0.692 e. The van der Waals surface area contributed by atoms with Crippen LogP contribution in [0, 0.1) is 5.41 Å². The van der Waals surface area contributed by atoms with Gasteiger partial charge in [-0.1, -0.05) is 66.2 Å². The van der Waals surface area contributed by atoms with Gasteiger partial charge in [-0.25, -0.2) is 0 Å². The van der Waals surface area contributed by atoms with Crippen LogP contribution < -0.4 is 0 Å². The fourth-order valence-electron chi connectivity index (χ4n) is 2.19. The van der Waals surface area contributed by atoms with Gasteiger partial charge < -0.3 is 0 Å². The van der Waals surface area contributed by atoms with Gasteiger partial charge in [0.15, 0.2) is 0 Å². The highest BCUT2D eigenvalue weighted by Gasteiger charge is 2.24. The molecule has 2 N–H and O–H groups in total. The Morgan fingerprint density at radius 2 is 1.18 bits per heavy atom. The van der Waals surface area contributed by atoms with E-state index in [1.807, 2.05) is 0 Å². The van der Waals surface area contributed by atoms with Crippen molar-refractivity contribution < 1.29 is 14.4 Å². The van der Waals surface area contributed by atoms with Crippen LogP contribution in [0.1, 0.15) is 79.1 Å². The Balaban J connectivity index is 0. The van der Waals surface area contributed by atoms with Gasteiger partial charge in [0.25, 0.3) is 0 Å². The molecule has 0 saturated carbocycles. The first-order chi connectivity index (χ1) is 7.97. The summed E-state index contributed by atoms with van der Waals surface area (Å²) in [5, 5.41) is 0. The lowest BCUT2D eigenvalue weighted by atomic mass is 9.74. The van der Waals surface area contributed by atoms with Crippen molar-refractivity contribution in [3.63, 3.8) is 0 Å². The van der Waals surface area contributed by atoms with Crippen LogP contribution in [0.25, 0.3) is 0 Å². The Labute approximate surface area is 108 Å². The van der Waals surface area contributed by atoms with Crippen LogP contribution in [-0.4, -0.2) is 9.79 Å². The molecule has 104 valence electrons. The smallest absolute Gasteiger partial charge is 0.134 e. The van der Waals surface area contributed by atoms with E-state index in [2.05, 4.69) is 27.7 Å². The molecule has 0 rings (SSSR count). The van der Waals surface area contributed by atoms with Crippen molar-refractivity contribution >= 4 is 8.25 Å². The number of rotatable bonds is 8. The Morgan fingerprint density at radius 1 is 0.882 bits per heavy atom. The van der Waals surface area contributed by atoms with E-state index in [1.54, 1.807) is 0 Å². The molecule has 0 bridgehead atoms. The number of hydrogen-bond acceptors (Lipinski definition) is 1. The molecule has 0 fully saturated rings. The average molecular weight is 265 g/mol. The van der Waals surface area contributed by atoms with Crippen molar-refractivity contribution in [3.8, 4) is 0 Å². The van der Waals surface area contributed by atoms with E-state index in [1.165, 1.54) is 51.4 Å². The maximum absolute atomic E-state index is 8.70. The van der Waals surface area contributed by atoms with Gasteiger partial charge in [-0.15, -0.1) is 9.79 Å². The summed E-state index contributed by atoms with van der Waals surface area (Å²) in [5.41, 5.74) is 0.687. The Morgan fingerprint density at radius 3 is 1.35 bits per heavy atom. The van der Waals surface area contributed by atoms with Crippen molar-refractivity contribution in [3.05, 3.63) is 0 Å². The predicted octanol–water partition coefficient (Wildman–Crippen LogP) is 4.80. The largest absolute Gasteiger partial charge is 0.692 e. The van der Waals surface area contributed by atoms with Crippen LogP contribution in [0.5, 0.6) is 0 Å². The second kappa shape index (κ2) is 12.5. The first kappa shape index (κ1) is 19.4. The molecule has 0 aliphatic carbocycles. The van der Waals surface area contributed by atoms with Crippen molar-refractivity contribution in [1.29, 1.82) is 0 Å². The minimum absolute atomic E-state index is 0.687. The van der Waals surface area contributed by atoms with Gasteiger partial charge in [0.05, 0.1) is 0 Å². The summed E-state index contributed by atoms with van der Waals surface area (Å²) in [6.07, 6.45) is 11.2. The van der Waals surface area contributed by atoms with E-state index in [-0.39, 0.29) is 0 Å². The molecule has 0 aromatic carbocycles. The van der Waals surface area contributed by atoms with Gasteiger partial charge in [-0.05, 0) is 18.3 Å². The summed E-state index contributed by atoms with van der Waals surface area (Å²) in [4.78, 5) is 14.2. The Bertz CT molecular complexity index is 166. The number of unbranched alkanes of at least 4 members (excludes halogenated alkanes) is 2. The van der Waals surface area contributed by atoms with Crippen molar-refractivity contribution in [2.75, 3.05) is 0 Å². The van der Waals surface area contributed by atoms with Crippen LogP contribution in [0.4, 0.5) is 0 Å². The standard InChI is InChI=1S/C13H28.HO3P/c1-5-9-11-13(7-3,8-4)12-10-6-2;1-4(2)3/h5-12H2,1-4H3;(H-,1,2,3)/p+1. The topological polar surface area (TPSA) is 57.5 Å². The first-order valence-corrected chi connectivity index (χ1v) is 7.99. The summed E-state index contributed by atoms with van der Waals surface area (Å²) in [5.74, 6) is 0. The predicted molar refractivity (Wildman–Crippen MR) is 74.1 cm³/mol. The molecule has 0 heterocycles. The zero-order valence-electron chi connectivity index (χ0n) is 11.9. The summed E-state index contributed by atoms with van der Waals surface area (Å²) >= 11 is 0. The molecule has 0 aromatic heterocycles. The molecule has 3 nitrogen and oxygen atoms in total. The maximum atomic E-state index is 8.70. The first-order valence-electron chi connectivity index (χ1n) is 6.83. The lowest BCUT2D eigenvalue weighted by Crippen LogP contribution is -2.18. The average Bonchev–Trinajstić information content (AvgIpc) is 2.30. The van der Waals surface area contributed by atoms with Gasteiger partial charge in [-0.3, -0.25) is 0 Å². The summed E-state index contributed by atoms with van der Waals surface area (Å²) in [7, 11) is -2.87. The zero-order chi connectivity index (χ0) is 13.7. The number of hydrogen-bond donors (Lipinski definition) is 2. The van der Waals surface area contributed by atoms with E-state index in [4.69, 9.17) is 14.4 Å². The van der Waals surface area contributed by atoms with E-state index < -0.39 is 8.25 Å². The van der Waals surface area contributed by atoms with Crippen LogP contribution in [0.15, 0.2) is 0 Å². The molecule has 0 spiro atoms. The third kappa shape index (κ3) is 12.3. The van der Waals surface area contributed by atoms with Crippen molar-refractivity contribution in [2.24, 2.45) is 5.41 Å². The monoisotopic (exact) mass is 265 g/mol. The van der Waals surface area contributed by atoms with E-state index >= 15 is 0 Å². The molecule has 0 aromatic rings. The molecule has 0 saturated heterocycles. The van der Waals surface area contributed by atoms with Crippen molar-refractivity contribution in [1.82, 2.24) is 0 Å². The lowest BCUT2D eigenvalue weighted by Gasteiger charge is -2.31. The molecule has 0 aliphatic rings. The fraction of sp³-hybridized carbons (Fsp3) is 1.00. The molecule has 0 atom stereocenters. The van der Waals surface area contributed by atoms with E-state index in [9.17, 15) is 0 Å². The van der Waals surface area contributed by atoms with E-state index in [0.29, 0.717) is 5.41 Å². The van der Waals surface area contributed by atoms with Crippen LogP contribution in [0.3, 0.4) is 0 Å². The highest BCUT2D eigenvalue weighted by Crippen LogP contribution is 2.37. The van der Waals surface area contributed by atoms with Crippen LogP contribution in [-0.2, 0) is 4.57 Å². The summed E-state index contributed by atoms with van der Waals surface area (Å²) in [6, 6.07) is 0. The van der Waals surface area contributed by atoms with Gasteiger partial charge >= 0.3 is 8.25 Å². The molecule has 0 amide bonds. The normalized spacial score (nSPS) is 10.7. The second-order valence-corrected chi connectivity index (χ2v) is 5.17. The minimum Gasteiger partial charge on any atom is -0.134 e. The Kier molecular flexibility index (Phi) is 14.2. The highest BCUT2D eigenvalue weighted by molar-refractivity contribution is 7.30. The Hall–Kier alpha value is 0.0200. The van der Waals surface area contributed by atoms with Gasteiger partial charge in [0.2, 0.25) is 0 Å². The van der Waals surface area contributed by atoms with Gasteiger partial charge in [0.1, 0.15) is 0 Å². The van der Waals surface area contributed by atoms with Gasteiger partial charge in [0, 0.05) is 4.57 Å². The minimum atomic E-state index is -2.87. The molecule has 0 unspecified atom stereocenters. The molecular weight excluding hydrogens is 235 g/mol. The van der Waals surface area contributed by atoms with Crippen molar-refractivity contribution in [2.45, 2.75) is 79.1 Å². The molecule has 17 heavy (non-hydrogen) atoms. The van der Waals surface area contributed by atoms with E-state index in [0.717, 1.165) is 0 Å². The SMILES string of the molecule is CCCCC(CC)(CC)CCCC.O=[P+](O)O.